The third kappa shape index (κ3) is 4.70. The first-order valence-corrected chi connectivity index (χ1v) is 7.54. The number of aromatic hydroxyl groups is 1. The predicted octanol–water partition coefficient (Wildman–Crippen LogP) is 2.57. The summed E-state index contributed by atoms with van der Waals surface area (Å²) >= 11 is 0. The van der Waals surface area contributed by atoms with Gasteiger partial charge in [-0.15, -0.1) is 0 Å². The summed E-state index contributed by atoms with van der Waals surface area (Å²) in [5.41, 5.74) is -3.00. The lowest BCUT2D eigenvalue weighted by molar-refractivity contribution is -0.404. The quantitative estimate of drug-likeness (QED) is 0.361. The highest BCUT2D eigenvalue weighted by Crippen LogP contribution is 2.38. The standard InChI is InChI=1S/C8H13N.C6H3N3O7/c1-2-4-6-8-7(9-8)5-3-1;10-6-4(8(13)14)1-3(7(11)12)2-5(6)9(15)16/h3,5,7-9H,1-2,4,6H2;1-2,10H/b5-3+;. The van der Waals surface area contributed by atoms with E-state index in [4.69, 9.17) is 5.11 Å². The van der Waals surface area contributed by atoms with Crippen LogP contribution in [0.25, 0.3) is 0 Å². The minimum absolute atomic E-state index is 0.447. The third-order valence-corrected chi connectivity index (χ3v) is 3.87. The number of hydrogen-bond acceptors (Lipinski definition) is 8. The molecule has 2 unspecified atom stereocenters. The normalized spacial score (nSPS) is 22.2. The van der Waals surface area contributed by atoms with E-state index in [2.05, 4.69) is 17.5 Å². The van der Waals surface area contributed by atoms with Gasteiger partial charge in [0, 0.05) is 12.1 Å². The van der Waals surface area contributed by atoms with Crippen molar-refractivity contribution in [3.05, 3.63) is 54.6 Å². The maximum atomic E-state index is 10.4. The summed E-state index contributed by atoms with van der Waals surface area (Å²) in [7, 11) is 0. The highest BCUT2D eigenvalue weighted by atomic mass is 16.6. The van der Waals surface area contributed by atoms with Crippen molar-refractivity contribution in [2.24, 2.45) is 0 Å². The molecule has 1 saturated heterocycles. The summed E-state index contributed by atoms with van der Waals surface area (Å²) in [5, 5.41) is 43.6. The molecule has 0 radical (unpaired) electrons. The fourth-order valence-electron chi connectivity index (χ4n) is 2.49. The summed E-state index contributed by atoms with van der Waals surface area (Å²) in [6.07, 6.45) is 10.1. The number of benzene rings is 1. The molecule has 1 aliphatic heterocycles. The van der Waals surface area contributed by atoms with Crippen molar-refractivity contribution < 1.29 is 19.9 Å². The molecule has 1 aromatic carbocycles. The van der Waals surface area contributed by atoms with Crippen molar-refractivity contribution in [2.75, 3.05) is 0 Å². The highest BCUT2D eigenvalue weighted by Gasteiger charge is 2.33. The second kappa shape index (κ2) is 7.66. The molecule has 2 N–H and O–H groups in total. The van der Waals surface area contributed by atoms with Gasteiger partial charge in [-0.2, -0.15) is 0 Å². The zero-order valence-electron chi connectivity index (χ0n) is 13.0. The number of hydrogen-bond donors (Lipinski definition) is 2. The number of non-ortho nitro benzene ring substituents is 1. The van der Waals surface area contributed by atoms with Gasteiger partial charge in [0.15, 0.2) is 0 Å². The van der Waals surface area contributed by atoms with Gasteiger partial charge in [0.05, 0.1) is 26.9 Å². The second-order valence-electron chi connectivity index (χ2n) is 5.62. The Morgan fingerprint density at radius 2 is 1.60 bits per heavy atom. The zero-order valence-corrected chi connectivity index (χ0v) is 13.0. The molecule has 0 aromatic heterocycles. The number of nitro benzene ring substituents is 3. The molecule has 2 atom stereocenters. The van der Waals surface area contributed by atoms with Crippen LogP contribution >= 0.6 is 0 Å². The van der Waals surface area contributed by atoms with E-state index in [0.29, 0.717) is 12.1 Å². The molecule has 0 saturated carbocycles. The van der Waals surface area contributed by atoms with Crippen molar-refractivity contribution in [1.29, 1.82) is 0 Å². The number of phenols is 1. The van der Waals surface area contributed by atoms with Crippen LogP contribution in [0.5, 0.6) is 5.75 Å². The third-order valence-electron chi connectivity index (χ3n) is 3.87. The highest BCUT2D eigenvalue weighted by molar-refractivity contribution is 5.64. The van der Waals surface area contributed by atoms with Crippen molar-refractivity contribution in [3.8, 4) is 5.75 Å². The van der Waals surface area contributed by atoms with Crippen LogP contribution in [0.4, 0.5) is 17.1 Å². The van der Waals surface area contributed by atoms with Crippen LogP contribution in [-0.2, 0) is 0 Å². The van der Waals surface area contributed by atoms with Crippen LogP contribution in [-0.4, -0.2) is 32.0 Å². The lowest BCUT2D eigenvalue weighted by Gasteiger charge is -1.97. The topological polar surface area (TPSA) is 172 Å². The number of fused-ring (bicyclic) bond motifs is 1. The number of nitro groups is 3. The SMILES string of the molecule is C1=C/C2NC2CCCC/1.O=[N+]([O-])c1cc([N+](=O)[O-])c(O)c([N+](=O)[O-])c1. The van der Waals surface area contributed by atoms with Crippen LogP contribution in [0.2, 0.25) is 0 Å². The van der Waals surface area contributed by atoms with Gasteiger partial charge >= 0.3 is 11.4 Å². The Hall–Kier alpha value is -3.08. The van der Waals surface area contributed by atoms with Crippen molar-refractivity contribution >= 4 is 17.1 Å². The molecule has 1 aliphatic carbocycles. The van der Waals surface area contributed by atoms with Crippen LogP contribution in [0.15, 0.2) is 24.3 Å². The Kier molecular flexibility index (Phi) is 5.60. The van der Waals surface area contributed by atoms with E-state index in [1.807, 2.05) is 0 Å². The Balaban J connectivity index is 0.000000208. The fourth-order valence-corrected chi connectivity index (χ4v) is 2.49. The van der Waals surface area contributed by atoms with Crippen molar-refractivity contribution in [1.82, 2.24) is 5.32 Å². The summed E-state index contributed by atoms with van der Waals surface area (Å²) < 4.78 is 0. The molecule has 25 heavy (non-hydrogen) atoms. The van der Waals surface area contributed by atoms with Crippen LogP contribution in [0.1, 0.15) is 25.7 Å². The monoisotopic (exact) mass is 352 g/mol. The minimum Gasteiger partial charge on any atom is -0.497 e. The second-order valence-corrected chi connectivity index (χ2v) is 5.62. The van der Waals surface area contributed by atoms with Gasteiger partial charge in [-0.1, -0.05) is 18.6 Å². The van der Waals surface area contributed by atoms with Crippen molar-refractivity contribution in [3.63, 3.8) is 0 Å². The van der Waals surface area contributed by atoms with Crippen LogP contribution in [0.3, 0.4) is 0 Å². The van der Waals surface area contributed by atoms with E-state index in [9.17, 15) is 30.3 Å². The van der Waals surface area contributed by atoms with E-state index in [1.165, 1.54) is 25.7 Å². The average Bonchev–Trinajstić information content (AvgIpc) is 3.24. The Morgan fingerprint density at radius 3 is 2.12 bits per heavy atom. The van der Waals surface area contributed by atoms with Gasteiger partial charge in [0.1, 0.15) is 0 Å². The summed E-state index contributed by atoms with van der Waals surface area (Å²) in [6, 6.07) is 2.50. The largest absolute Gasteiger partial charge is 0.497 e. The maximum absolute atomic E-state index is 10.4. The van der Waals surface area contributed by atoms with E-state index in [1.54, 1.807) is 0 Å². The van der Waals surface area contributed by atoms with Crippen LogP contribution in [0, 0.1) is 30.3 Å². The van der Waals surface area contributed by atoms with Gasteiger partial charge in [-0.25, -0.2) is 0 Å². The van der Waals surface area contributed by atoms with Crippen molar-refractivity contribution in [2.45, 2.75) is 37.8 Å². The molecule has 0 amide bonds. The zero-order chi connectivity index (χ0) is 18.6. The molecule has 134 valence electrons. The number of nitrogens with one attached hydrogen (secondary N) is 1. The van der Waals surface area contributed by atoms with Gasteiger partial charge in [0.2, 0.25) is 0 Å². The van der Waals surface area contributed by atoms with Crippen LogP contribution < -0.4 is 5.32 Å². The van der Waals surface area contributed by atoms with Gasteiger partial charge in [-0.05, 0) is 19.3 Å². The van der Waals surface area contributed by atoms with Gasteiger partial charge in [-0.3, -0.25) is 30.3 Å². The lowest BCUT2D eigenvalue weighted by Crippen LogP contribution is -1.97. The molecule has 0 bridgehead atoms. The number of rotatable bonds is 3. The lowest BCUT2D eigenvalue weighted by atomic mass is 10.1. The average molecular weight is 352 g/mol. The molecule has 1 aromatic rings. The molecule has 3 rings (SSSR count). The minimum atomic E-state index is -1.21. The predicted molar refractivity (Wildman–Crippen MR) is 86.4 cm³/mol. The Morgan fingerprint density at radius 1 is 1.00 bits per heavy atom. The number of nitrogens with zero attached hydrogens (tertiary/aromatic N) is 3. The van der Waals surface area contributed by atoms with E-state index in [0.717, 1.165) is 12.1 Å². The first-order valence-electron chi connectivity index (χ1n) is 7.54. The molecular weight excluding hydrogens is 336 g/mol. The molecule has 11 heteroatoms. The molecule has 2 aliphatic rings. The Bertz CT molecular complexity index is 699. The smallest absolute Gasteiger partial charge is 0.324 e. The summed E-state index contributed by atoms with van der Waals surface area (Å²) in [5.74, 6) is -1.21. The number of allylic oxidation sites excluding steroid dienone is 1. The maximum Gasteiger partial charge on any atom is 0.324 e. The Labute approximate surface area is 141 Å². The molecule has 11 nitrogen and oxygen atoms in total. The molecule has 0 spiro atoms. The molecule has 1 heterocycles. The van der Waals surface area contributed by atoms with E-state index >= 15 is 0 Å². The van der Waals surface area contributed by atoms with Gasteiger partial charge < -0.3 is 10.4 Å². The van der Waals surface area contributed by atoms with E-state index < -0.39 is 37.6 Å². The summed E-state index contributed by atoms with van der Waals surface area (Å²) in [6.45, 7) is 0. The molecule has 1 fully saturated rings. The first-order chi connectivity index (χ1) is 11.8. The first kappa shape index (κ1) is 18.3. The van der Waals surface area contributed by atoms with E-state index in [-0.39, 0.29) is 0 Å². The van der Waals surface area contributed by atoms with Gasteiger partial charge in [0.25, 0.3) is 11.4 Å². The molecular formula is C14H16N4O7. The number of phenolic OH excluding ortho intramolecular Hbond substituents is 1. The fraction of sp³-hybridized carbons (Fsp3) is 0.429. The summed E-state index contributed by atoms with van der Waals surface area (Å²) in [4.78, 5) is 27.8.